The van der Waals surface area contributed by atoms with E-state index in [0.29, 0.717) is 0 Å². The first-order valence-corrected chi connectivity index (χ1v) is 16.8. The lowest BCUT2D eigenvalue weighted by Crippen LogP contribution is -2.38. The van der Waals surface area contributed by atoms with Gasteiger partial charge in [0, 0.05) is 26.9 Å². The van der Waals surface area contributed by atoms with Crippen molar-refractivity contribution in [3.05, 3.63) is 175 Å². The van der Waals surface area contributed by atoms with Crippen LogP contribution in [0.4, 0.5) is 5.69 Å². The number of hydrogen-bond acceptors (Lipinski definition) is 1. The summed E-state index contributed by atoms with van der Waals surface area (Å²) in [5, 5.41) is 14.8. The van der Waals surface area contributed by atoms with Gasteiger partial charge in [-0.25, -0.2) is 4.57 Å². The minimum atomic E-state index is 0.898. The highest BCUT2D eigenvalue weighted by molar-refractivity contribution is 6.38. The second kappa shape index (κ2) is 9.96. The molecule has 0 atom stereocenters. The van der Waals surface area contributed by atoms with E-state index in [1.165, 1.54) is 70.2 Å². The standard InChI is InChI=1S/C46H28N3/c1-4-18-32-29(13-1)16-11-24-38(32)45-47-46(49(45)40-26-12-17-30-14-2-5-19-33(30)40)48-41-25-10-9-23-39(41)43-42-34-20-6-3-15-31(34)27-28-36(42)35-21-7-8-22-37(35)44(43)48/h1-28H/q+1. The Bertz CT molecular complexity index is 3090. The molecule has 10 aromatic rings. The van der Waals surface area contributed by atoms with Crippen LogP contribution in [0.5, 0.6) is 0 Å². The van der Waals surface area contributed by atoms with E-state index in [2.05, 4.69) is 179 Å². The molecule has 2 heterocycles. The number of benzene rings is 9. The minimum Gasteiger partial charge on any atom is -0.214 e. The van der Waals surface area contributed by atoms with Crippen molar-refractivity contribution >= 4 is 93.2 Å². The van der Waals surface area contributed by atoms with Gasteiger partial charge < -0.3 is 0 Å². The summed E-state index contributed by atoms with van der Waals surface area (Å²) < 4.78 is 4.81. The monoisotopic (exact) mass is 622 g/mol. The molecule has 226 valence electrons. The summed E-state index contributed by atoms with van der Waals surface area (Å²) in [5.74, 6) is 1.85. The normalized spacial score (nSPS) is 13.3. The van der Waals surface area contributed by atoms with Crippen LogP contribution in [0.3, 0.4) is 0 Å². The summed E-state index contributed by atoms with van der Waals surface area (Å²) in [6.07, 6.45) is 0. The third-order valence-electron chi connectivity index (χ3n) is 10.4. The Balaban J connectivity index is 1.32. The second-order valence-corrected chi connectivity index (χ2v) is 12.9. The lowest BCUT2D eigenvalue weighted by Gasteiger charge is -2.23. The highest BCUT2D eigenvalue weighted by Gasteiger charge is 2.37. The van der Waals surface area contributed by atoms with Gasteiger partial charge in [0.2, 0.25) is 0 Å². The van der Waals surface area contributed by atoms with Crippen LogP contribution < -0.4 is 0 Å². The summed E-state index contributed by atoms with van der Waals surface area (Å²) in [7, 11) is 0. The summed E-state index contributed by atoms with van der Waals surface area (Å²) in [6.45, 7) is 0. The predicted molar refractivity (Wildman–Crippen MR) is 207 cm³/mol. The first-order chi connectivity index (χ1) is 24.3. The quantitative estimate of drug-likeness (QED) is 0.135. The van der Waals surface area contributed by atoms with Crippen molar-refractivity contribution in [3.8, 4) is 0 Å². The van der Waals surface area contributed by atoms with Crippen LogP contribution in [-0.2, 0) is 0 Å². The Labute approximate surface area is 281 Å². The average molecular weight is 623 g/mol. The van der Waals surface area contributed by atoms with E-state index in [4.69, 9.17) is 4.99 Å². The fourth-order valence-electron chi connectivity index (χ4n) is 8.27. The molecule has 1 aliphatic rings. The van der Waals surface area contributed by atoms with Crippen LogP contribution in [-0.4, -0.2) is 20.9 Å². The van der Waals surface area contributed by atoms with Crippen molar-refractivity contribution in [2.75, 3.05) is 0 Å². The molecule has 0 spiro atoms. The van der Waals surface area contributed by atoms with E-state index in [-0.39, 0.29) is 0 Å². The molecule has 3 nitrogen and oxygen atoms in total. The van der Waals surface area contributed by atoms with Gasteiger partial charge in [-0.2, -0.15) is 4.58 Å². The van der Waals surface area contributed by atoms with Crippen LogP contribution in [0.15, 0.2) is 175 Å². The van der Waals surface area contributed by atoms with Crippen molar-refractivity contribution in [2.45, 2.75) is 0 Å². The van der Waals surface area contributed by atoms with E-state index in [1.54, 1.807) is 0 Å². The lowest BCUT2D eigenvalue weighted by atomic mass is 9.93. The smallest absolute Gasteiger partial charge is 0.214 e. The van der Waals surface area contributed by atoms with E-state index in [9.17, 15) is 0 Å². The van der Waals surface area contributed by atoms with E-state index >= 15 is 0 Å². The third kappa shape index (κ3) is 3.62. The average Bonchev–Trinajstić information content (AvgIpc) is 3.49. The molecule has 0 bridgehead atoms. The Morgan fingerprint density at radius 1 is 0.388 bits per heavy atom. The third-order valence-corrected chi connectivity index (χ3v) is 10.4. The zero-order valence-corrected chi connectivity index (χ0v) is 26.5. The summed E-state index contributed by atoms with van der Waals surface area (Å²) in [5.41, 5.74) is 4.56. The number of para-hydroxylation sites is 1. The lowest BCUT2D eigenvalue weighted by molar-refractivity contribution is -0.323. The molecular weight excluding hydrogens is 595 g/mol. The molecule has 1 aliphatic heterocycles. The van der Waals surface area contributed by atoms with Crippen molar-refractivity contribution in [1.82, 2.24) is 4.57 Å². The molecule has 0 saturated carbocycles. The molecule has 0 amide bonds. The molecule has 0 unspecified atom stereocenters. The molecule has 9 aromatic carbocycles. The van der Waals surface area contributed by atoms with Gasteiger partial charge in [0.05, 0.1) is 5.56 Å². The van der Waals surface area contributed by atoms with Gasteiger partial charge in [-0.05, 0) is 55.9 Å². The molecule has 3 heteroatoms. The fourth-order valence-corrected chi connectivity index (χ4v) is 8.27. The van der Waals surface area contributed by atoms with Gasteiger partial charge in [-0.1, -0.05) is 157 Å². The number of aliphatic imine (C=N–C) groups is 1. The van der Waals surface area contributed by atoms with Crippen molar-refractivity contribution in [2.24, 2.45) is 4.99 Å². The topological polar surface area (TPSA) is 20.3 Å². The van der Waals surface area contributed by atoms with Gasteiger partial charge in [-0.15, -0.1) is 0 Å². The van der Waals surface area contributed by atoms with Gasteiger partial charge in [0.25, 0.3) is 5.84 Å². The maximum atomic E-state index is 5.52. The first kappa shape index (κ1) is 26.5. The molecular formula is C46H28N3+. The number of nitrogens with zero attached hydrogens (tertiary/aromatic N) is 3. The summed E-state index contributed by atoms with van der Waals surface area (Å²) >= 11 is 0. The number of hydrogen-bond donors (Lipinski definition) is 0. The predicted octanol–water partition coefficient (Wildman–Crippen LogP) is 11.6. The zero-order chi connectivity index (χ0) is 32.1. The van der Waals surface area contributed by atoms with Crippen molar-refractivity contribution in [1.29, 1.82) is 0 Å². The van der Waals surface area contributed by atoms with E-state index in [0.717, 1.165) is 28.6 Å². The number of fused-ring (bicyclic) bond motifs is 12. The first-order valence-electron chi connectivity index (χ1n) is 16.8. The van der Waals surface area contributed by atoms with Crippen LogP contribution in [0, 0.1) is 0 Å². The van der Waals surface area contributed by atoms with Crippen LogP contribution >= 0.6 is 0 Å². The summed E-state index contributed by atoms with van der Waals surface area (Å²) in [4.78, 5) is 5.52. The number of amidine groups is 1. The van der Waals surface area contributed by atoms with Crippen molar-refractivity contribution < 1.29 is 4.58 Å². The minimum absolute atomic E-state index is 0.898. The Morgan fingerprint density at radius 3 is 1.76 bits per heavy atom. The van der Waals surface area contributed by atoms with Crippen LogP contribution in [0.2, 0.25) is 0 Å². The Morgan fingerprint density at radius 2 is 0.959 bits per heavy atom. The largest absolute Gasteiger partial charge is 0.367 e. The molecule has 0 saturated heterocycles. The van der Waals surface area contributed by atoms with Crippen molar-refractivity contribution in [3.63, 3.8) is 0 Å². The number of aromatic nitrogens is 1. The molecule has 0 radical (unpaired) electrons. The second-order valence-electron chi connectivity index (χ2n) is 12.9. The van der Waals surface area contributed by atoms with Crippen LogP contribution in [0.1, 0.15) is 5.56 Å². The molecule has 1 aromatic heterocycles. The van der Waals surface area contributed by atoms with Gasteiger partial charge in [0.1, 0.15) is 16.7 Å². The fraction of sp³-hybridized carbons (Fsp3) is 0. The Kier molecular flexibility index (Phi) is 5.38. The molecule has 0 fully saturated rings. The van der Waals surface area contributed by atoms with Gasteiger partial charge in [0.15, 0.2) is 0 Å². The highest BCUT2D eigenvalue weighted by Crippen LogP contribution is 2.44. The van der Waals surface area contributed by atoms with Gasteiger partial charge >= 0.3 is 5.96 Å². The molecule has 0 aliphatic carbocycles. The highest BCUT2D eigenvalue weighted by atomic mass is 15.4. The maximum absolute atomic E-state index is 5.52. The maximum Gasteiger partial charge on any atom is 0.367 e. The van der Waals surface area contributed by atoms with Gasteiger partial charge in [-0.3, -0.25) is 0 Å². The molecule has 11 rings (SSSR count). The number of rotatable bonds is 2. The summed E-state index contributed by atoms with van der Waals surface area (Å²) in [6, 6.07) is 61.4. The van der Waals surface area contributed by atoms with E-state index in [1.807, 2.05) is 0 Å². The van der Waals surface area contributed by atoms with Crippen LogP contribution in [0.25, 0.3) is 75.7 Å². The van der Waals surface area contributed by atoms with E-state index < -0.39 is 0 Å². The Hall–Kier alpha value is -6.58. The molecule has 49 heavy (non-hydrogen) atoms. The zero-order valence-electron chi connectivity index (χ0n) is 26.5. The molecule has 0 N–H and O–H groups in total. The SMILES string of the molecule is c1ccc2c(C3=[N+](c4cccc5ccccc45)C(n4c5ccccc5c5c6c7ccccc7ccc6c6ccccc6c54)=N3)cccc2c1.